The molecule has 0 saturated heterocycles. The maximum absolute atomic E-state index is 12.2. The fraction of sp³-hybridized carbons (Fsp3) is 0.643. The molecule has 1 heterocycles. The molecule has 1 aromatic heterocycles. The monoisotopic (exact) mass is 299 g/mol. The smallest absolute Gasteiger partial charge is 0.242 e. The Morgan fingerprint density at radius 1 is 1.15 bits per heavy atom. The number of hydrogen-bond acceptors (Lipinski definition) is 4. The Kier molecular flexibility index (Phi) is 5.95. The fourth-order valence-corrected chi connectivity index (χ4v) is 3.23. The van der Waals surface area contributed by atoms with E-state index in [-0.39, 0.29) is 4.90 Å². The molecule has 1 aromatic rings. The van der Waals surface area contributed by atoms with Crippen LogP contribution in [0.4, 0.5) is 5.82 Å². The summed E-state index contributed by atoms with van der Waals surface area (Å²) in [7, 11) is -1.75. The summed E-state index contributed by atoms with van der Waals surface area (Å²) in [5, 5.41) is 2.86. The molecule has 0 spiro atoms. The summed E-state index contributed by atoms with van der Waals surface area (Å²) in [5.74, 6) is 1.82. The average molecular weight is 299 g/mol. The van der Waals surface area contributed by atoms with E-state index in [1.54, 1.807) is 19.2 Å². The van der Waals surface area contributed by atoms with Crippen molar-refractivity contribution in [2.75, 3.05) is 18.9 Å². The number of nitrogens with zero attached hydrogens (tertiary/aromatic N) is 1. The lowest BCUT2D eigenvalue weighted by Gasteiger charge is -2.24. The van der Waals surface area contributed by atoms with Gasteiger partial charge in [-0.2, -0.15) is 0 Å². The number of rotatable bonds is 7. The Balaban J connectivity index is 2.78. The Morgan fingerprint density at radius 3 is 2.15 bits per heavy atom. The molecule has 0 saturated carbocycles. The van der Waals surface area contributed by atoms with Crippen molar-refractivity contribution in [1.29, 1.82) is 0 Å². The third kappa shape index (κ3) is 4.45. The SMILES string of the molecule is CNc1ccc(S(=O)(=O)NCC(C(C)C)C(C)C)cn1. The highest BCUT2D eigenvalue weighted by atomic mass is 32.2. The number of hydrogen-bond donors (Lipinski definition) is 2. The molecule has 0 radical (unpaired) electrons. The van der Waals surface area contributed by atoms with Crippen LogP contribution in [0.3, 0.4) is 0 Å². The van der Waals surface area contributed by atoms with E-state index < -0.39 is 10.0 Å². The van der Waals surface area contributed by atoms with Gasteiger partial charge in [0.1, 0.15) is 10.7 Å². The van der Waals surface area contributed by atoms with E-state index in [2.05, 4.69) is 42.7 Å². The van der Waals surface area contributed by atoms with Crippen molar-refractivity contribution in [3.63, 3.8) is 0 Å². The maximum atomic E-state index is 12.2. The van der Waals surface area contributed by atoms with Crippen LogP contribution in [0.2, 0.25) is 0 Å². The molecule has 5 nitrogen and oxygen atoms in total. The van der Waals surface area contributed by atoms with Crippen LogP contribution in [0.25, 0.3) is 0 Å². The molecular formula is C14H25N3O2S. The fourth-order valence-electron chi connectivity index (χ4n) is 2.22. The molecule has 2 N–H and O–H groups in total. The molecule has 0 aliphatic carbocycles. The molecule has 0 bridgehead atoms. The van der Waals surface area contributed by atoms with Crippen LogP contribution < -0.4 is 10.0 Å². The zero-order valence-electron chi connectivity index (χ0n) is 12.8. The normalized spacial score (nSPS) is 12.4. The van der Waals surface area contributed by atoms with E-state index in [0.29, 0.717) is 30.1 Å². The summed E-state index contributed by atoms with van der Waals surface area (Å²) in [5.41, 5.74) is 0. The summed E-state index contributed by atoms with van der Waals surface area (Å²) < 4.78 is 27.1. The van der Waals surface area contributed by atoms with Gasteiger partial charge in [-0.1, -0.05) is 27.7 Å². The number of aromatic nitrogens is 1. The predicted octanol–water partition coefficient (Wildman–Crippen LogP) is 2.33. The Labute approximate surface area is 122 Å². The van der Waals surface area contributed by atoms with Crippen molar-refractivity contribution in [3.05, 3.63) is 18.3 Å². The van der Waals surface area contributed by atoms with Crippen LogP contribution in [0.15, 0.2) is 23.2 Å². The minimum atomic E-state index is -3.49. The first-order chi connectivity index (χ1) is 9.27. The number of nitrogens with one attached hydrogen (secondary N) is 2. The van der Waals surface area contributed by atoms with Gasteiger partial charge in [0.15, 0.2) is 0 Å². The van der Waals surface area contributed by atoms with E-state index in [1.807, 2.05) is 0 Å². The summed E-state index contributed by atoms with van der Waals surface area (Å²) in [6.07, 6.45) is 1.37. The van der Waals surface area contributed by atoms with Gasteiger partial charge in [-0.3, -0.25) is 0 Å². The maximum Gasteiger partial charge on any atom is 0.242 e. The molecule has 0 amide bonds. The summed E-state index contributed by atoms with van der Waals surface area (Å²) >= 11 is 0. The van der Waals surface area contributed by atoms with Crippen LogP contribution >= 0.6 is 0 Å². The third-order valence-corrected chi connectivity index (χ3v) is 4.93. The van der Waals surface area contributed by atoms with Gasteiger partial charge in [0.25, 0.3) is 0 Å². The zero-order valence-corrected chi connectivity index (χ0v) is 13.7. The first kappa shape index (κ1) is 16.9. The van der Waals surface area contributed by atoms with Gasteiger partial charge in [-0.05, 0) is 29.9 Å². The lowest BCUT2D eigenvalue weighted by atomic mass is 9.86. The summed E-state index contributed by atoms with van der Waals surface area (Å²) in [6, 6.07) is 3.21. The molecule has 1 rings (SSSR count). The lowest BCUT2D eigenvalue weighted by Crippen LogP contribution is -2.34. The average Bonchev–Trinajstić information content (AvgIpc) is 2.38. The molecule has 114 valence electrons. The molecule has 0 unspecified atom stereocenters. The first-order valence-corrected chi connectivity index (χ1v) is 8.39. The highest BCUT2D eigenvalue weighted by Gasteiger charge is 2.21. The van der Waals surface area contributed by atoms with Crippen molar-refractivity contribution >= 4 is 15.8 Å². The number of pyridine rings is 1. The second-order valence-corrected chi connectivity index (χ2v) is 7.40. The largest absolute Gasteiger partial charge is 0.373 e. The Hall–Kier alpha value is -1.14. The zero-order chi connectivity index (χ0) is 15.3. The van der Waals surface area contributed by atoms with Gasteiger partial charge in [-0.25, -0.2) is 18.1 Å². The van der Waals surface area contributed by atoms with Gasteiger partial charge in [0, 0.05) is 19.8 Å². The number of sulfonamides is 1. The van der Waals surface area contributed by atoms with Crippen LogP contribution in [0.5, 0.6) is 0 Å². The van der Waals surface area contributed by atoms with E-state index in [4.69, 9.17) is 0 Å². The summed E-state index contributed by atoms with van der Waals surface area (Å²) in [6.45, 7) is 8.90. The van der Waals surface area contributed by atoms with Gasteiger partial charge in [-0.15, -0.1) is 0 Å². The molecule has 0 fully saturated rings. The van der Waals surface area contributed by atoms with Gasteiger partial charge in [0.2, 0.25) is 10.0 Å². The van der Waals surface area contributed by atoms with E-state index in [0.717, 1.165) is 0 Å². The minimum absolute atomic E-state index is 0.197. The second kappa shape index (κ2) is 7.04. The van der Waals surface area contributed by atoms with E-state index in [1.165, 1.54) is 6.20 Å². The summed E-state index contributed by atoms with van der Waals surface area (Å²) in [4.78, 5) is 4.23. The van der Waals surface area contributed by atoms with Crippen molar-refractivity contribution in [1.82, 2.24) is 9.71 Å². The lowest BCUT2D eigenvalue weighted by molar-refractivity contribution is 0.289. The third-order valence-electron chi connectivity index (χ3n) is 3.52. The number of anilines is 1. The highest BCUT2D eigenvalue weighted by Crippen LogP contribution is 2.20. The van der Waals surface area contributed by atoms with Crippen molar-refractivity contribution in [3.8, 4) is 0 Å². The standard InChI is InChI=1S/C14H25N3O2S/c1-10(2)13(11(3)4)9-17-20(18,19)12-6-7-14(15-5)16-8-12/h6-8,10-11,13,17H,9H2,1-5H3,(H,15,16). The molecule has 0 aromatic carbocycles. The Bertz CT molecular complexity index is 502. The second-order valence-electron chi connectivity index (χ2n) is 5.63. The molecular weight excluding hydrogens is 274 g/mol. The van der Waals surface area contributed by atoms with Crippen molar-refractivity contribution in [2.45, 2.75) is 32.6 Å². The van der Waals surface area contributed by atoms with Crippen molar-refractivity contribution in [2.24, 2.45) is 17.8 Å². The predicted molar refractivity (Wildman–Crippen MR) is 82.1 cm³/mol. The van der Waals surface area contributed by atoms with Crippen LogP contribution in [0.1, 0.15) is 27.7 Å². The molecule has 6 heteroatoms. The first-order valence-electron chi connectivity index (χ1n) is 6.91. The quantitative estimate of drug-likeness (QED) is 0.810. The van der Waals surface area contributed by atoms with Gasteiger partial charge in [0.05, 0.1) is 0 Å². The topological polar surface area (TPSA) is 71.1 Å². The van der Waals surface area contributed by atoms with Crippen molar-refractivity contribution < 1.29 is 8.42 Å². The molecule has 0 atom stereocenters. The van der Waals surface area contributed by atoms with Gasteiger partial charge >= 0.3 is 0 Å². The van der Waals surface area contributed by atoms with Crippen LogP contribution in [-0.4, -0.2) is 27.0 Å². The minimum Gasteiger partial charge on any atom is -0.373 e. The molecule has 20 heavy (non-hydrogen) atoms. The van der Waals surface area contributed by atoms with Gasteiger partial charge < -0.3 is 5.32 Å². The molecule has 0 aliphatic heterocycles. The van der Waals surface area contributed by atoms with Crippen LogP contribution in [0, 0.1) is 17.8 Å². The van der Waals surface area contributed by atoms with E-state index in [9.17, 15) is 8.42 Å². The Morgan fingerprint density at radius 2 is 1.75 bits per heavy atom. The molecule has 0 aliphatic rings. The highest BCUT2D eigenvalue weighted by molar-refractivity contribution is 7.89. The van der Waals surface area contributed by atoms with Crippen LogP contribution in [-0.2, 0) is 10.0 Å². The van der Waals surface area contributed by atoms with E-state index >= 15 is 0 Å².